The van der Waals surface area contributed by atoms with Crippen LogP contribution < -0.4 is 5.32 Å². The van der Waals surface area contributed by atoms with Crippen molar-refractivity contribution in [2.75, 3.05) is 13.1 Å². The van der Waals surface area contributed by atoms with Crippen LogP contribution >= 0.6 is 0 Å². The van der Waals surface area contributed by atoms with Crippen LogP contribution in [-0.2, 0) is 6.42 Å². The van der Waals surface area contributed by atoms with Crippen molar-refractivity contribution in [1.82, 2.24) is 5.32 Å². The molecule has 2 fully saturated rings. The van der Waals surface area contributed by atoms with Gasteiger partial charge in [-0.25, -0.2) is 0 Å². The number of nitrogens with one attached hydrogen (secondary N) is 1. The highest BCUT2D eigenvalue weighted by molar-refractivity contribution is 5.97. The lowest BCUT2D eigenvalue weighted by molar-refractivity contribution is 0.0895. The van der Waals surface area contributed by atoms with Crippen LogP contribution in [0.4, 0.5) is 0 Å². The van der Waals surface area contributed by atoms with Gasteiger partial charge in [-0.1, -0.05) is 56.4 Å². The zero-order valence-electron chi connectivity index (χ0n) is 12.9. The molecule has 0 bridgehead atoms. The van der Waals surface area contributed by atoms with Crippen LogP contribution in [0.15, 0.2) is 24.3 Å². The van der Waals surface area contributed by atoms with Crippen molar-refractivity contribution in [2.45, 2.75) is 51.4 Å². The minimum Gasteiger partial charge on any atom is -0.317 e. The second-order valence-corrected chi connectivity index (χ2v) is 6.79. The molecule has 1 aliphatic heterocycles. The second-order valence-electron chi connectivity index (χ2n) is 6.79. The summed E-state index contributed by atoms with van der Waals surface area (Å²) in [6, 6.07) is 8.48. The van der Waals surface area contributed by atoms with Crippen LogP contribution in [0.25, 0.3) is 0 Å². The monoisotopic (exact) mass is 285 g/mol. The SMILES string of the molecule is O=C(c1ccc(CC2CCCCC2)cc1)C1CCNCC1. The lowest BCUT2D eigenvalue weighted by Crippen LogP contribution is -2.31. The van der Waals surface area contributed by atoms with Gasteiger partial charge in [0, 0.05) is 11.5 Å². The van der Waals surface area contributed by atoms with Crippen molar-refractivity contribution >= 4 is 5.78 Å². The topological polar surface area (TPSA) is 29.1 Å². The number of ketones is 1. The number of Topliss-reactive ketones (excluding diaryl/α,β-unsaturated/α-hetero) is 1. The van der Waals surface area contributed by atoms with Gasteiger partial charge in [-0.15, -0.1) is 0 Å². The van der Waals surface area contributed by atoms with Gasteiger partial charge in [0.1, 0.15) is 0 Å². The van der Waals surface area contributed by atoms with E-state index in [4.69, 9.17) is 0 Å². The average Bonchev–Trinajstić information content (AvgIpc) is 2.57. The van der Waals surface area contributed by atoms with Gasteiger partial charge < -0.3 is 5.32 Å². The lowest BCUT2D eigenvalue weighted by Gasteiger charge is -2.22. The fourth-order valence-electron chi connectivity index (χ4n) is 3.85. The summed E-state index contributed by atoms with van der Waals surface area (Å²) in [5.41, 5.74) is 2.32. The molecule has 1 aromatic rings. The standard InChI is InChI=1S/C19H27NO/c21-19(18-10-12-20-13-11-18)17-8-6-16(7-9-17)14-15-4-2-1-3-5-15/h6-9,15,18,20H,1-5,10-14H2. The number of piperidine rings is 1. The van der Waals surface area contributed by atoms with E-state index in [1.165, 1.54) is 44.1 Å². The van der Waals surface area contributed by atoms with E-state index in [0.29, 0.717) is 5.78 Å². The Hall–Kier alpha value is -1.15. The summed E-state index contributed by atoms with van der Waals surface area (Å²) < 4.78 is 0. The molecule has 1 saturated heterocycles. The van der Waals surface area contributed by atoms with Gasteiger partial charge in [0.25, 0.3) is 0 Å². The Kier molecular flexibility index (Phi) is 5.08. The third kappa shape index (κ3) is 3.94. The molecule has 0 radical (unpaired) electrons. The maximum Gasteiger partial charge on any atom is 0.166 e. The van der Waals surface area contributed by atoms with Gasteiger partial charge in [-0.05, 0) is 43.8 Å². The number of hydrogen-bond donors (Lipinski definition) is 1. The average molecular weight is 285 g/mol. The molecule has 2 heteroatoms. The number of rotatable bonds is 4. The maximum absolute atomic E-state index is 12.5. The van der Waals surface area contributed by atoms with E-state index in [2.05, 4.69) is 29.6 Å². The van der Waals surface area contributed by atoms with E-state index >= 15 is 0 Å². The molecule has 1 aliphatic carbocycles. The van der Waals surface area contributed by atoms with Gasteiger partial charge in [0.15, 0.2) is 5.78 Å². The van der Waals surface area contributed by atoms with Gasteiger partial charge in [0.2, 0.25) is 0 Å². The number of hydrogen-bond acceptors (Lipinski definition) is 2. The largest absolute Gasteiger partial charge is 0.317 e. The van der Waals surface area contributed by atoms with E-state index in [1.807, 2.05) is 0 Å². The first-order chi connectivity index (χ1) is 10.3. The molecular formula is C19H27NO. The summed E-state index contributed by atoms with van der Waals surface area (Å²) in [7, 11) is 0. The Morgan fingerprint density at radius 3 is 2.29 bits per heavy atom. The lowest BCUT2D eigenvalue weighted by atomic mass is 9.84. The smallest absolute Gasteiger partial charge is 0.166 e. The third-order valence-electron chi connectivity index (χ3n) is 5.20. The third-order valence-corrected chi connectivity index (χ3v) is 5.20. The molecule has 2 aliphatic rings. The normalized spacial score (nSPS) is 21.3. The highest BCUT2D eigenvalue weighted by Gasteiger charge is 2.22. The van der Waals surface area contributed by atoms with E-state index in [1.54, 1.807) is 0 Å². The Balaban J connectivity index is 1.59. The Labute approximate surface area is 128 Å². The first-order valence-corrected chi connectivity index (χ1v) is 8.67. The summed E-state index contributed by atoms with van der Waals surface area (Å²) in [5.74, 6) is 1.45. The first-order valence-electron chi connectivity index (χ1n) is 8.67. The van der Waals surface area contributed by atoms with Crippen molar-refractivity contribution in [3.05, 3.63) is 35.4 Å². The van der Waals surface area contributed by atoms with Crippen LogP contribution in [0, 0.1) is 11.8 Å². The molecule has 3 rings (SSSR count). The zero-order valence-corrected chi connectivity index (χ0v) is 12.9. The number of carbonyl (C=O) groups is 1. The molecule has 1 saturated carbocycles. The van der Waals surface area contributed by atoms with Gasteiger partial charge in [0.05, 0.1) is 0 Å². The molecular weight excluding hydrogens is 258 g/mol. The van der Waals surface area contributed by atoms with Gasteiger partial charge >= 0.3 is 0 Å². The molecule has 0 spiro atoms. The predicted molar refractivity (Wildman–Crippen MR) is 86.6 cm³/mol. The van der Waals surface area contributed by atoms with Crippen LogP contribution in [0.5, 0.6) is 0 Å². The minimum absolute atomic E-state index is 0.232. The molecule has 0 aromatic heterocycles. The number of carbonyl (C=O) groups excluding carboxylic acids is 1. The second kappa shape index (κ2) is 7.22. The Morgan fingerprint density at radius 2 is 1.62 bits per heavy atom. The molecule has 1 N–H and O–H groups in total. The van der Waals surface area contributed by atoms with E-state index < -0.39 is 0 Å². The molecule has 2 nitrogen and oxygen atoms in total. The van der Waals surface area contributed by atoms with E-state index in [0.717, 1.165) is 37.4 Å². The van der Waals surface area contributed by atoms with Crippen molar-refractivity contribution in [3.63, 3.8) is 0 Å². The van der Waals surface area contributed by atoms with Crippen LogP contribution in [-0.4, -0.2) is 18.9 Å². The Morgan fingerprint density at radius 1 is 0.952 bits per heavy atom. The summed E-state index contributed by atoms with van der Waals surface area (Å²) in [5, 5.41) is 3.32. The molecule has 1 heterocycles. The summed E-state index contributed by atoms with van der Waals surface area (Å²) in [6.07, 6.45) is 10.2. The van der Waals surface area contributed by atoms with Crippen LogP contribution in [0.2, 0.25) is 0 Å². The fraction of sp³-hybridized carbons (Fsp3) is 0.632. The molecule has 0 amide bonds. The van der Waals surface area contributed by atoms with Crippen molar-refractivity contribution in [2.24, 2.45) is 11.8 Å². The summed E-state index contributed by atoms with van der Waals surface area (Å²) in [6.45, 7) is 1.96. The van der Waals surface area contributed by atoms with E-state index in [9.17, 15) is 4.79 Å². The van der Waals surface area contributed by atoms with Crippen LogP contribution in [0.3, 0.4) is 0 Å². The first kappa shape index (κ1) is 14.8. The highest BCUT2D eigenvalue weighted by Crippen LogP contribution is 2.27. The minimum atomic E-state index is 0.232. The van der Waals surface area contributed by atoms with Gasteiger partial charge in [-0.3, -0.25) is 4.79 Å². The molecule has 21 heavy (non-hydrogen) atoms. The Bertz CT molecular complexity index is 453. The molecule has 114 valence electrons. The highest BCUT2D eigenvalue weighted by atomic mass is 16.1. The predicted octanol–water partition coefficient (Wildman–Crippen LogP) is 3.99. The molecule has 0 unspecified atom stereocenters. The quantitative estimate of drug-likeness (QED) is 0.847. The van der Waals surface area contributed by atoms with Crippen molar-refractivity contribution < 1.29 is 4.79 Å². The fourth-order valence-corrected chi connectivity index (χ4v) is 3.85. The summed E-state index contributed by atoms with van der Waals surface area (Å²) >= 11 is 0. The van der Waals surface area contributed by atoms with Crippen LogP contribution in [0.1, 0.15) is 60.9 Å². The number of benzene rings is 1. The van der Waals surface area contributed by atoms with Crippen molar-refractivity contribution in [1.29, 1.82) is 0 Å². The van der Waals surface area contributed by atoms with Gasteiger partial charge in [-0.2, -0.15) is 0 Å². The zero-order chi connectivity index (χ0) is 14.5. The molecule has 0 atom stereocenters. The molecule has 1 aromatic carbocycles. The van der Waals surface area contributed by atoms with E-state index in [-0.39, 0.29) is 5.92 Å². The maximum atomic E-state index is 12.5. The van der Waals surface area contributed by atoms with Crippen molar-refractivity contribution in [3.8, 4) is 0 Å². The summed E-state index contributed by atoms with van der Waals surface area (Å²) in [4.78, 5) is 12.5.